The summed E-state index contributed by atoms with van der Waals surface area (Å²) >= 11 is 1.47. The first kappa shape index (κ1) is 41.6. The summed E-state index contributed by atoms with van der Waals surface area (Å²) in [5.41, 5.74) is 1.39. The van der Waals surface area contributed by atoms with Gasteiger partial charge in [0.05, 0.1) is 19.1 Å². The SMILES string of the molecule is CSCCC(NC(=O)C(Cc1ccccc1)NC(=O)CNC(=O)CNC(=O)C(Cc1ccc(O)cc1)NC(=O)C1CCCN1)C(=O)N1CCCC1C(=O)O. The fourth-order valence-corrected chi connectivity index (χ4v) is 6.82. The Morgan fingerprint density at radius 3 is 2.11 bits per heavy atom. The van der Waals surface area contributed by atoms with E-state index in [1.165, 1.54) is 28.8 Å². The van der Waals surface area contributed by atoms with Crippen LogP contribution < -0.4 is 31.9 Å². The molecule has 2 aliphatic rings. The number of amides is 6. The number of carbonyl (C=O) groups excluding carboxylic acids is 6. The number of phenols is 1. The highest BCUT2D eigenvalue weighted by atomic mass is 32.2. The van der Waals surface area contributed by atoms with Crippen LogP contribution in [0.15, 0.2) is 54.6 Å². The number of nitrogens with zero attached hydrogens (tertiary/aromatic N) is 1. The number of thioether (sulfide) groups is 1. The number of likely N-dealkylation sites (tertiary alicyclic amines) is 1. The van der Waals surface area contributed by atoms with Crippen LogP contribution in [0.3, 0.4) is 0 Å². The minimum atomic E-state index is -1.14. The Morgan fingerprint density at radius 1 is 0.796 bits per heavy atom. The van der Waals surface area contributed by atoms with Crippen molar-refractivity contribution in [3.63, 3.8) is 0 Å². The van der Waals surface area contributed by atoms with Crippen molar-refractivity contribution in [1.82, 2.24) is 36.8 Å². The summed E-state index contributed by atoms with van der Waals surface area (Å²) in [6, 6.07) is 10.5. The van der Waals surface area contributed by atoms with Crippen LogP contribution in [0.25, 0.3) is 0 Å². The van der Waals surface area contributed by atoms with Gasteiger partial charge in [-0.15, -0.1) is 0 Å². The van der Waals surface area contributed by atoms with Crippen LogP contribution in [-0.4, -0.2) is 125 Å². The Morgan fingerprint density at radius 2 is 1.46 bits per heavy atom. The number of carboxylic acids is 1. The molecule has 8 N–H and O–H groups in total. The quantitative estimate of drug-likeness (QED) is 0.0903. The van der Waals surface area contributed by atoms with E-state index in [1.807, 2.05) is 6.26 Å². The second-order valence-corrected chi connectivity index (χ2v) is 14.2. The van der Waals surface area contributed by atoms with Crippen LogP contribution in [0.2, 0.25) is 0 Å². The van der Waals surface area contributed by atoms with Gasteiger partial charge in [-0.25, -0.2) is 4.79 Å². The van der Waals surface area contributed by atoms with Crippen molar-refractivity contribution in [1.29, 1.82) is 0 Å². The number of carbonyl (C=O) groups is 7. The number of rotatable bonds is 19. The minimum Gasteiger partial charge on any atom is -0.508 e. The van der Waals surface area contributed by atoms with Gasteiger partial charge in [-0.2, -0.15) is 11.8 Å². The number of aliphatic carboxylic acids is 1. The summed E-state index contributed by atoms with van der Waals surface area (Å²) in [5.74, 6) is -4.06. The molecule has 2 aromatic rings. The van der Waals surface area contributed by atoms with E-state index in [0.29, 0.717) is 37.1 Å². The number of hydrogen-bond acceptors (Lipinski definition) is 10. The van der Waals surface area contributed by atoms with Crippen LogP contribution in [-0.2, 0) is 46.4 Å². The van der Waals surface area contributed by atoms with Crippen molar-refractivity contribution in [3.05, 3.63) is 65.7 Å². The molecule has 6 amide bonds. The Hall–Kier alpha value is -5.16. The average Bonchev–Trinajstić information content (AvgIpc) is 3.89. The standard InChI is InChI=1S/C37H49N7O9S/c1-54-18-15-27(36(51)44-17-6-10-30(44)37(52)53)42-35(50)29(19-23-7-3-2-4-8-23)41-32(47)22-39-31(46)21-40-33(48)28(20-24-11-13-25(45)14-12-24)43-34(49)26-9-5-16-38-26/h2-4,7-8,11-14,26-30,38,45H,5-6,9-10,15-22H2,1H3,(H,39,46)(H,40,48)(H,41,47)(H,42,50)(H,43,49)(H,52,53). The van der Waals surface area contributed by atoms with Gasteiger partial charge in [0.15, 0.2) is 0 Å². The van der Waals surface area contributed by atoms with Crippen molar-refractivity contribution in [2.24, 2.45) is 0 Å². The molecule has 4 rings (SSSR count). The lowest BCUT2D eigenvalue weighted by molar-refractivity contribution is -0.149. The zero-order valence-corrected chi connectivity index (χ0v) is 31.0. The molecule has 5 unspecified atom stereocenters. The van der Waals surface area contributed by atoms with E-state index in [4.69, 9.17) is 0 Å². The number of hydrogen-bond donors (Lipinski definition) is 8. The van der Waals surface area contributed by atoms with Gasteiger partial charge >= 0.3 is 5.97 Å². The molecule has 2 aliphatic heterocycles. The van der Waals surface area contributed by atoms with E-state index < -0.39 is 78.8 Å². The molecule has 0 bridgehead atoms. The fraction of sp³-hybridized carbons (Fsp3) is 0.486. The molecule has 54 heavy (non-hydrogen) atoms. The average molecular weight is 768 g/mol. The van der Waals surface area contributed by atoms with Gasteiger partial charge in [-0.05, 0) is 73.9 Å². The zero-order chi connectivity index (χ0) is 39.0. The first-order valence-corrected chi connectivity index (χ1v) is 19.4. The lowest BCUT2D eigenvalue weighted by Crippen LogP contribution is -2.57. The smallest absolute Gasteiger partial charge is 0.326 e. The number of phenolic OH excluding ortho intramolecular Hbond substituents is 1. The Labute approximate surface area is 318 Å². The molecule has 17 heteroatoms. The largest absolute Gasteiger partial charge is 0.508 e. The fourth-order valence-electron chi connectivity index (χ4n) is 6.35. The van der Waals surface area contributed by atoms with E-state index in [-0.39, 0.29) is 37.5 Å². The van der Waals surface area contributed by atoms with Gasteiger partial charge in [0.1, 0.15) is 29.9 Å². The number of nitrogens with one attached hydrogen (secondary N) is 6. The molecule has 0 radical (unpaired) electrons. The predicted octanol–water partition coefficient (Wildman–Crippen LogP) is -0.555. The maximum atomic E-state index is 13.7. The molecule has 0 saturated carbocycles. The first-order valence-electron chi connectivity index (χ1n) is 18.0. The molecule has 5 atom stereocenters. The lowest BCUT2D eigenvalue weighted by atomic mass is 10.0. The number of benzene rings is 2. The lowest BCUT2D eigenvalue weighted by Gasteiger charge is -2.28. The maximum absolute atomic E-state index is 13.7. The van der Waals surface area contributed by atoms with Gasteiger partial charge in [-0.1, -0.05) is 42.5 Å². The summed E-state index contributed by atoms with van der Waals surface area (Å²) in [6.07, 6.45) is 4.56. The highest BCUT2D eigenvalue weighted by Gasteiger charge is 2.38. The van der Waals surface area contributed by atoms with Crippen molar-refractivity contribution in [2.75, 3.05) is 38.2 Å². The van der Waals surface area contributed by atoms with Gasteiger partial charge in [0.2, 0.25) is 35.4 Å². The monoisotopic (exact) mass is 767 g/mol. The highest BCUT2D eigenvalue weighted by Crippen LogP contribution is 2.20. The summed E-state index contributed by atoms with van der Waals surface area (Å²) in [4.78, 5) is 92.0. The third-order valence-corrected chi connectivity index (χ3v) is 9.88. The summed E-state index contributed by atoms with van der Waals surface area (Å²) in [6.45, 7) is -0.0875. The zero-order valence-electron chi connectivity index (χ0n) is 30.2. The molecule has 0 spiro atoms. The molecule has 0 aromatic heterocycles. The minimum absolute atomic E-state index is 0.0466. The first-order chi connectivity index (χ1) is 25.9. The summed E-state index contributed by atoms with van der Waals surface area (Å²) in [5, 5.41) is 35.4. The third-order valence-electron chi connectivity index (χ3n) is 9.24. The Bertz CT molecular complexity index is 1620. The molecular formula is C37H49N7O9S. The van der Waals surface area contributed by atoms with Crippen LogP contribution >= 0.6 is 11.8 Å². The van der Waals surface area contributed by atoms with E-state index in [1.54, 1.807) is 42.5 Å². The van der Waals surface area contributed by atoms with E-state index in [0.717, 1.165) is 12.0 Å². The van der Waals surface area contributed by atoms with Crippen LogP contribution in [0.4, 0.5) is 0 Å². The van der Waals surface area contributed by atoms with E-state index in [9.17, 15) is 43.8 Å². The van der Waals surface area contributed by atoms with Gasteiger partial charge in [-0.3, -0.25) is 28.8 Å². The third kappa shape index (κ3) is 12.8. The molecule has 292 valence electrons. The summed E-state index contributed by atoms with van der Waals surface area (Å²) < 4.78 is 0. The Kier molecular flexibility index (Phi) is 16.1. The Balaban J connectivity index is 1.35. The van der Waals surface area contributed by atoms with Crippen LogP contribution in [0.1, 0.15) is 43.2 Å². The molecule has 2 saturated heterocycles. The molecule has 2 fully saturated rings. The highest BCUT2D eigenvalue weighted by molar-refractivity contribution is 7.98. The van der Waals surface area contributed by atoms with Crippen LogP contribution in [0.5, 0.6) is 5.75 Å². The second-order valence-electron chi connectivity index (χ2n) is 13.3. The van der Waals surface area contributed by atoms with E-state index >= 15 is 0 Å². The topological polar surface area (TPSA) is 235 Å². The predicted molar refractivity (Wildman–Crippen MR) is 200 cm³/mol. The van der Waals surface area contributed by atoms with Crippen molar-refractivity contribution in [2.45, 2.75) is 75.2 Å². The molecule has 16 nitrogen and oxygen atoms in total. The number of carboxylic acid groups (broad SMARTS) is 1. The van der Waals surface area contributed by atoms with E-state index in [2.05, 4.69) is 31.9 Å². The number of aromatic hydroxyl groups is 1. The maximum Gasteiger partial charge on any atom is 0.326 e. The van der Waals surface area contributed by atoms with Crippen molar-refractivity contribution >= 4 is 53.2 Å². The van der Waals surface area contributed by atoms with Crippen LogP contribution in [0, 0.1) is 0 Å². The van der Waals surface area contributed by atoms with Gasteiger partial charge < -0.3 is 47.0 Å². The van der Waals surface area contributed by atoms with Crippen molar-refractivity contribution in [3.8, 4) is 5.75 Å². The molecule has 2 aromatic carbocycles. The molecule has 0 aliphatic carbocycles. The van der Waals surface area contributed by atoms with Crippen molar-refractivity contribution < 1.29 is 43.8 Å². The second kappa shape index (κ2) is 20.9. The van der Waals surface area contributed by atoms with Gasteiger partial charge in [0, 0.05) is 19.4 Å². The molecular weight excluding hydrogens is 719 g/mol. The van der Waals surface area contributed by atoms with Gasteiger partial charge in [0.25, 0.3) is 0 Å². The normalized spacial score (nSPS) is 18.1. The summed E-state index contributed by atoms with van der Waals surface area (Å²) in [7, 11) is 0. The molecule has 2 heterocycles.